The van der Waals surface area contributed by atoms with Gasteiger partial charge in [0.15, 0.2) is 0 Å². The van der Waals surface area contributed by atoms with E-state index in [1.807, 2.05) is 0 Å². The van der Waals surface area contributed by atoms with Crippen molar-refractivity contribution in [3.05, 3.63) is 66.7 Å². The van der Waals surface area contributed by atoms with Crippen LogP contribution in [0, 0.1) is 0 Å². The summed E-state index contributed by atoms with van der Waals surface area (Å²) in [7, 11) is -2.66. The third-order valence-corrected chi connectivity index (χ3v) is 6.60. The molecule has 0 unspecified atom stereocenters. The molecule has 0 aromatic heterocycles. The molecule has 0 atom stereocenters. The first-order valence-electron chi connectivity index (χ1n) is 10.6. The highest BCUT2D eigenvalue weighted by molar-refractivity contribution is 7.92. The lowest BCUT2D eigenvalue weighted by molar-refractivity contribution is -0.121. The Kier molecular flexibility index (Phi) is 6.78. The number of amides is 2. The number of nitrogens with one attached hydrogen (secondary N) is 2. The molecular formula is C24H23N3O7S. The lowest BCUT2D eigenvalue weighted by Crippen LogP contribution is -2.37. The SMILES string of the molecule is COc1ccccc1NS(=O)(=O)c1ccc(O)c(NC(=O)CN2C(=O)CCOc3ccccc32)c1. The quantitative estimate of drug-likeness (QED) is 0.427. The normalized spacial score (nSPS) is 13.3. The molecule has 0 radical (unpaired) electrons. The maximum atomic E-state index is 12.9. The Labute approximate surface area is 202 Å². The Bertz CT molecular complexity index is 1380. The highest BCUT2D eigenvalue weighted by Gasteiger charge is 2.26. The molecule has 1 aliphatic rings. The first-order chi connectivity index (χ1) is 16.8. The van der Waals surface area contributed by atoms with Crippen LogP contribution in [0.2, 0.25) is 0 Å². The number of fused-ring (bicyclic) bond motifs is 1. The number of carbonyl (C=O) groups excluding carboxylic acids is 2. The summed E-state index contributed by atoms with van der Waals surface area (Å²) in [6, 6.07) is 16.8. The van der Waals surface area contributed by atoms with Crippen molar-refractivity contribution in [2.45, 2.75) is 11.3 Å². The minimum Gasteiger partial charge on any atom is -0.506 e. The lowest BCUT2D eigenvalue weighted by Gasteiger charge is -2.21. The van der Waals surface area contributed by atoms with E-state index in [0.29, 0.717) is 17.2 Å². The van der Waals surface area contributed by atoms with E-state index in [-0.39, 0.29) is 47.5 Å². The molecule has 0 spiro atoms. The minimum absolute atomic E-state index is 0.0928. The van der Waals surface area contributed by atoms with Crippen LogP contribution in [0.25, 0.3) is 0 Å². The van der Waals surface area contributed by atoms with Crippen molar-refractivity contribution in [3.63, 3.8) is 0 Å². The van der Waals surface area contributed by atoms with Crippen LogP contribution < -0.4 is 24.4 Å². The van der Waals surface area contributed by atoms with Gasteiger partial charge in [-0.15, -0.1) is 0 Å². The van der Waals surface area contributed by atoms with Crippen LogP contribution in [-0.4, -0.2) is 45.6 Å². The second-order valence-corrected chi connectivity index (χ2v) is 9.26. The highest BCUT2D eigenvalue weighted by atomic mass is 32.2. The molecule has 0 fully saturated rings. The smallest absolute Gasteiger partial charge is 0.262 e. The topological polar surface area (TPSA) is 134 Å². The molecule has 1 aliphatic heterocycles. The number of carbonyl (C=O) groups is 2. The molecule has 11 heteroatoms. The van der Waals surface area contributed by atoms with Crippen LogP contribution >= 0.6 is 0 Å². The van der Waals surface area contributed by atoms with E-state index in [0.717, 1.165) is 12.1 Å². The third kappa shape index (κ3) is 5.30. The predicted octanol–water partition coefficient (Wildman–Crippen LogP) is 2.96. The largest absolute Gasteiger partial charge is 0.506 e. The number of hydrogen-bond donors (Lipinski definition) is 3. The van der Waals surface area contributed by atoms with Gasteiger partial charge in [-0.25, -0.2) is 8.42 Å². The second kappa shape index (κ2) is 9.94. The number of rotatable bonds is 7. The maximum Gasteiger partial charge on any atom is 0.262 e. The molecule has 0 aliphatic carbocycles. The van der Waals surface area contributed by atoms with Crippen molar-refractivity contribution in [3.8, 4) is 17.2 Å². The predicted molar refractivity (Wildman–Crippen MR) is 129 cm³/mol. The number of phenols is 1. The van der Waals surface area contributed by atoms with E-state index in [2.05, 4.69) is 10.0 Å². The van der Waals surface area contributed by atoms with E-state index in [9.17, 15) is 23.1 Å². The van der Waals surface area contributed by atoms with Gasteiger partial charge in [-0.1, -0.05) is 24.3 Å². The van der Waals surface area contributed by atoms with Gasteiger partial charge in [0, 0.05) is 0 Å². The van der Waals surface area contributed by atoms with E-state index in [1.165, 1.54) is 18.1 Å². The summed E-state index contributed by atoms with van der Waals surface area (Å²) in [6.07, 6.45) is 0.0928. The molecule has 0 bridgehead atoms. The van der Waals surface area contributed by atoms with Crippen molar-refractivity contribution >= 4 is 38.9 Å². The lowest BCUT2D eigenvalue weighted by atomic mass is 10.2. The van der Waals surface area contributed by atoms with E-state index < -0.39 is 15.9 Å². The summed E-state index contributed by atoms with van der Waals surface area (Å²) >= 11 is 0. The van der Waals surface area contributed by atoms with Gasteiger partial charge in [0.1, 0.15) is 23.8 Å². The number of para-hydroxylation sites is 4. The van der Waals surface area contributed by atoms with Crippen LogP contribution in [0.15, 0.2) is 71.6 Å². The van der Waals surface area contributed by atoms with Crippen LogP contribution in [0.1, 0.15) is 6.42 Å². The molecule has 3 aromatic rings. The highest BCUT2D eigenvalue weighted by Crippen LogP contribution is 2.32. The van der Waals surface area contributed by atoms with Crippen LogP contribution in [0.3, 0.4) is 0 Å². The summed E-state index contributed by atoms with van der Waals surface area (Å²) in [5.74, 6) is -0.455. The maximum absolute atomic E-state index is 12.9. The van der Waals surface area contributed by atoms with Crippen LogP contribution in [0.4, 0.5) is 17.1 Å². The molecule has 0 saturated heterocycles. The number of anilines is 3. The first-order valence-corrected chi connectivity index (χ1v) is 12.1. The van der Waals surface area contributed by atoms with Crippen LogP contribution in [-0.2, 0) is 19.6 Å². The van der Waals surface area contributed by atoms with Crippen molar-refractivity contribution in [2.24, 2.45) is 0 Å². The van der Waals surface area contributed by atoms with Gasteiger partial charge in [0.05, 0.1) is 42.1 Å². The van der Waals surface area contributed by atoms with Gasteiger partial charge in [0.25, 0.3) is 10.0 Å². The van der Waals surface area contributed by atoms with Gasteiger partial charge in [-0.2, -0.15) is 0 Å². The Morgan fingerprint density at radius 1 is 1.09 bits per heavy atom. The molecule has 35 heavy (non-hydrogen) atoms. The molecule has 4 rings (SSSR count). The fourth-order valence-corrected chi connectivity index (χ4v) is 4.64. The monoisotopic (exact) mass is 497 g/mol. The minimum atomic E-state index is -4.08. The van der Waals surface area contributed by atoms with Crippen molar-refractivity contribution < 1.29 is 32.6 Å². The van der Waals surface area contributed by atoms with Gasteiger partial charge in [-0.05, 0) is 42.5 Å². The van der Waals surface area contributed by atoms with E-state index >= 15 is 0 Å². The molecular weight excluding hydrogens is 474 g/mol. The Morgan fingerprint density at radius 3 is 2.63 bits per heavy atom. The van der Waals surface area contributed by atoms with Gasteiger partial charge in [-0.3, -0.25) is 19.2 Å². The first kappa shape index (κ1) is 23.9. The summed E-state index contributed by atoms with van der Waals surface area (Å²) in [5, 5.41) is 12.7. The fourth-order valence-electron chi connectivity index (χ4n) is 3.54. The number of methoxy groups -OCH3 is 1. The van der Waals surface area contributed by atoms with Crippen molar-refractivity contribution in [2.75, 3.05) is 35.2 Å². The molecule has 2 amide bonds. The number of ether oxygens (including phenoxy) is 2. The van der Waals surface area contributed by atoms with E-state index in [1.54, 1.807) is 48.5 Å². The van der Waals surface area contributed by atoms with Crippen molar-refractivity contribution in [1.29, 1.82) is 0 Å². The molecule has 10 nitrogen and oxygen atoms in total. The Morgan fingerprint density at radius 2 is 1.83 bits per heavy atom. The average Bonchev–Trinajstić information content (AvgIpc) is 2.99. The zero-order chi connectivity index (χ0) is 25.0. The van der Waals surface area contributed by atoms with Crippen molar-refractivity contribution in [1.82, 2.24) is 0 Å². The number of phenolic OH excluding ortho intramolecular Hbond substituents is 1. The Hall–Kier alpha value is -4.25. The van der Waals surface area contributed by atoms with Gasteiger partial charge >= 0.3 is 0 Å². The Balaban J connectivity index is 1.54. The number of hydrogen-bond acceptors (Lipinski definition) is 7. The summed E-state index contributed by atoms with van der Waals surface area (Å²) < 4.78 is 39.0. The molecule has 1 heterocycles. The standard InChI is InChI=1S/C24H23N3O7S/c1-33-21-8-4-2-6-17(21)26-35(31,32)16-10-11-20(28)18(14-16)25-23(29)15-27-19-7-3-5-9-22(19)34-13-12-24(27)30/h2-11,14,26,28H,12-13,15H2,1H3,(H,25,29). The fraction of sp³-hybridized carbons (Fsp3) is 0.167. The molecule has 0 saturated carbocycles. The van der Waals surface area contributed by atoms with E-state index in [4.69, 9.17) is 9.47 Å². The van der Waals surface area contributed by atoms with Gasteiger partial charge < -0.3 is 19.9 Å². The number of benzene rings is 3. The zero-order valence-corrected chi connectivity index (χ0v) is 19.5. The summed E-state index contributed by atoms with van der Waals surface area (Å²) in [4.78, 5) is 26.5. The summed E-state index contributed by atoms with van der Waals surface area (Å²) in [6.45, 7) is -0.164. The van der Waals surface area contributed by atoms with Gasteiger partial charge in [0.2, 0.25) is 11.8 Å². The van der Waals surface area contributed by atoms with Crippen LogP contribution in [0.5, 0.6) is 17.2 Å². The average molecular weight is 498 g/mol. The summed E-state index contributed by atoms with van der Waals surface area (Å²) in [5.41, 5.74) is 0.561. The number of nitrogens with zero attached hydrogens (tertiary/aromatic N) is 1. The second-order valence-electron chi connectivity index (χ2n) is 7.58. The molecule has 182 valence electrons. The number of sulfonamides is 1. The molecule has 3 N–H and O–H groups in total. The molecule has 3 aromatic carbocycles. The zero-order valence-electron chi connectivity index (χ0n) is 18.7. The third-order valence-electron chi connectivity index (χ3n) is 5.24. The number of aromatic hydroxyl groups is 1.